The average Bonchev–Trinajstić information content (AvgIpc) is 2.43. The Bertz CT molecular complexity index is 596. The number of benzene rings is 2. The molecule has 0 saturated heterocycles. The minimum atomic E-state index is -0.221. The van der Waals surface area contributed by atoms with Crippen molar-refractivity contribution in [2.24, 2.45) is 5.73 Å². The van der Waals surface area contributed by atoms with Crippen molar-refractivity contribution in [2.45, 2.75) is 25.9 Å². The highest BCUT2D eigenvalue weighted by Crippen LogP contribution is 2.26. The maximum absolute atomic E-state index is 13.0. The van der Waals surface area contributed by atoms with Crippen LogP contribution in [0.3, 0.4) is 0 Å². The number of hydrogen-bond acceptors (Lipinski definition) is 2. The van der Waals surface area contributed by atoms with Gasteiger partial charge in [0.25, 0.3) is 0 Å². The van der Waals surface area contributed by atoms with Gasteiger partial charge >= 0.3 is 0 Å². The number of anilines is 1. The molecule has 2 aromatic rings. The van der Waals surface area contributed by atoms with Crippen LogP contribution in [-0.2, 0) is 13.0 Å². The van der Waals surface area contributed by atoms with Gasteiger partial charge in [-0.15, -0.1) is 0 Å². The monoisotopic (exact) mass is 306 g/mol. The van der Waals surface area contributed by atoms with Crippen molar-refractivity contribution in [3.63, 3.8) is 0 Å². The van der Waals surface area contributed by atoms with Crippen molar-refractivity contribution < 1.29 is 4.39 Å². The van der Waals surface area contributed by atoms with Crippen LogP contribution in [0.2, 0.25) is 5.02 Å². The van der Waals surface area contributed by atoms with E-state index in [9.17, 15) is 4.39 Å². The van der Waals surface area contributed by atoms with Crippen LogP contribution in [0.4, 0.5) is 10.1 Å². The molecule has 0 aliphatic rings. The van der Waals surface area contributed by atoms with Crippen molar-refractivity contribution in [3.05, 3.63) is 64.4 Å². The maximum atomic E-state index is 13.0. The smallest absolute Gasteiger partial charge is 0.123 e. The first kappa shape index (κ1) is 15.8. The molecule has 2 N–H and O–H groups in total. The minimum absolute atomic E-state index is 0.0872. The Morgan fingerprint density at radius 2 is 1.86 bits per heavy atom. The van der Waals surface area contributed by atoms with Gasteiger partial charge < -0.3 is 10.6 Å². The van der Waals surface area contributed by atoms with Crippen molar-refractivity contribution >= 4 is 17.3 Å². The average molecular weight is 307 g/mol. The van der Waals surface area contributed by atoms with Crippen LogP contribution in [0, 0.1) is 5.82 Å². The molecule has 21 heavy (non-hydrogen) atoms. The fraction of sp³-hybridized carbons (Fsp3) is 0.294. The van der Waals surface area contributed by atoms with Gasteiger partial charge in [-0.25, -0.2) is 4.39 Å². The van der Waals surface area contributed by atoms with Gasteiger partial charge in [0.2, 0.25) is 0 Å². The lowest BCUT2D eigenvalue weighted by Gasteiger charge is -2.24. The van der Waals surface area contributed by atoms with Gasteiger partial charge in [0.15, 0.2) is 0 Å². The van der Waals surface area contributed by atoms with Crippen LogP contribution in [0.15, 0.2) is 42.5 Å². The largest absolute Gasteiger partial charge is 0.370 e. The molecule has 4 heteroatoms. The Hall–Kier alpha value is -1.58. The van der Waals surface area contributed by atoms with Crippen molar-refractivity contribution in [2.75, 3.05) is 11.9 Å². The molecule has 1 atom stereocenters. The summed E-state index contributed by atoms with van der Waals surface area (Å²) in [5, 5.41) is 0.699. The fourth-order valence-electron chi connectivity index (χ4n) is 2.36. The Morgan fingerprint density at radius 3 is 2.48 bits per heavy atom. The molecule has 0 bridgehead atoms. The zero-order valence-electron chi connectivity index (χ0n) is 12.3. The van der Waals surface area contributed by atoms with E-state index in [-0.39, 0.29) is 11.9 Å². The van der Waals surface area contributed by atoms with Gasteiger partial charge in [-0.1, -0.05) is 29.8 Å². The van der Waals surface area contributed by atoms with Gasteiger partial charge in [-0.05, 0) is 48.7 Å². The van der Waals surface area contributed by atoms with Crippen molar-refractivity contribution in [3.8, 4) is 0 Å². The SMILES string of the molecule is CC(N)Cc1ccc(Cl)cc1N(C)Cc1ccc(F)cc1. The second kappa shape index (κ2) is 6.92. The summed E-state index contributed by atoms with van der Waals surface area (Å²) in [6.45, 7) is 2.67. The third-order valence-corrected chi connectivity index (χ3v) is 3.57. The van der Waals surface area contributed by atoms with E-state index < -0.39 is 0 Å². The molecule has 0 aliphatic carbocycles. The normalized spacial score (nSPS) is 12.2. The molecule has 0 spiro atoms. The van der Waals surface area contributed by atoms with Crippen molar-refractivity contribution in [1.29, 1.82) is 0 Å². The number of halogens is 2. The van der Waals surface area contributed by atoms with Crippen LogP contribution >= 0.6 is 11.6 Å². The summed E-state index contributed by atoms with van der Waals surface area (Å²) in [4.78, 5) is 2.11. The minimum Gasteiger partial charge on any atom is -0.370 e. The Balaban J connectivity index is 2.22. The molecular weight excluding hydrogens is 287 g/mol. The van der Waals surface area contributed by atoms with E-state index in [1.54, 1.807) is 12.1 Å². The van der Waals surface area contributed by atoms with Crippen LogP contribution < -0.4 is 10.6 Å². The lowest BCUT2D eigenvalue weighted by molar-refractivity contribution is 0.627. The topological polar surface area (TPSA) is 29.3 Å². The quantitative estimate of drug-likeness (QED) is 0.904. The Morgan fingerprint density at radius 1 is 1.19 bits per heavy atom. The summed E-state index contributed by atoms with van der Waals surface area (Å²) < 4.78 is 13.0. The Kier molecular flexibility index (Phi) is 5.21. The molecule has 0 aromatic heterocycles. The first-order valence-corrected chi connectivity index (χ1v) is 7.33. The summed E-state index contributed by atoms with van der Waals surface area (Å²) in [6, 6.07) is 12.5. The molecule has 1 unspecified atom stereocenters. The fourth-order valence-corrected chi connectivity index (χ4v) is 2.53. The highest BCUT2D eigenvalue weighted by atomic mass is 35.5. The van der Waals surface area contributed by atoms with Crippen LogP contribution in [-0.4, -0.2) is 13.1 Å². The molecule has 2 aromatic carbocycles. The van der Waals surface area contributed by atoms with Crippen LogP contribution in [0.1, 0.15) is 18.1 Å². The van der Waals surface area contributed by atoms with Gasteiger partial charge in [0.05, 0.1) is 0 Å². The number of nitrogens with two attached hydrogens (primary N) is 1. The molecule has 0 saturated carbocycles. The number of hydrogen-bond donors (Lipinski definition) is 1. The molecular formula is C17H20ClFN2. The molecule has 112 valence electrons. The second-order valence-corrected chi connectivity index (χ2v) is 5.87. The summed E-state index contributed by atoms with van der Waals surface area (Å²) in [7, 11) is 2.00. The van der Waals surface area contributed by atoms with Gasteiger partial charge in [0.1, 0.15) is 5.82 Å². The first-order chi connectivity index (χ1) is 9.95. The molecule has 0 radical (unpaired) electrons. The van der Waals surface area contributed by atoms with E-state index in [0.29, 0.717) is 11.6 Å². The third-order valence-electron chi connectivity index (χ3n) is 3.33. The molecule has 2 rings (SSSR count). The third kappa shape index (κ3) is 4.45. The Labute approximate surface area is 130 Å². The van der Waals surface area contributed by atoms with E-state index in [2.05, 4.69) is 4.90 Å². The van der Waals surface area contributed by atoms with Crippen molar-refractivity contribution in [1.82, 2.24) is 0 Å². The maximum Gasteiger partial charge on any atom is 0.123 e. The number of nitrogens with zero attached hydrogens (tertiary/aromatic N) is 1. The predicted octanol–water partition coefficient (Wildman–Crippen LogP) is 4.01. The molecule has 2 nitrogen and oxygen atoms in total. The van der Waals surface area contributed by atoms with E-state index in [0.717, 1.165) is 17.7 Å². The molecule has 0 heterocycles. The summed E-state index contributed by atoms with van der Waals surface area (Å²) in [5.41, 5.74) is 9.18. The van der Waals surface area contributed by atoms with Gasteiger partial charge in [-0.2, -0.15) is 0 Å². The number of rotatable bonds is 5. The van der Waals surface area contributed by atoms with E-state index >= 15 is 0 Å². The molecule has 0 fully saturated rings. The highest BCUT2D eigenvalue weighted by Gasteiger charge is 2.10. The van der Waals surface area contributed by atoms with E-state index in [1.807, 2.05) is 32.2 Å². The zero-order valence-corrected chi connectivity index (χ0v) is 13.1. The predicted molar refractivity (Wildman–Crippen MR) is 87.3 cm³/mol. The second-order valence-electron chi connectivity index (χ2n) is 5.44. The van der Waals surface area contributed by atoms with E-state index in [1.165, 1.54) is 17.7 Å². The van der Waals surface area contributed by atoms with E-state index in [4.69, 9.17) is 17.3 Å². The summed E-state index contributed by atoms with van der Waals surface area (Å²) in [6.07, 6.45) is 0.792. The molecule has 0 amide bonds. The first-order valence-electron chi connectivity index (χ1n) is 6.95. The van der Waals surface area contributed by atoms with Crippen LogP contribution in [0.25, 0.3) is 0 Å². The highest BCUT2D eigenvalue weighted by molar-refractivity contribution is 6.30. The lowest BCUT2D eigenvalue weighted by atomic mass is 10.0. The standard InChI is InChI=1S/C17H20ClFN2/c1-12(20)9-14-5-6-15(18)10-17(14)21(2)11-13-3-7-16(19)8-4-13/h3-8,10,12H,9,11,20H2,1-2H3. The summed E-state index contributed by atoms with van der Waals surface area (Å²) >= 11 is 6.11. The van der Waals surface area contributed by atoms with Crippen LogP contribution in [0.5, 0.6) is 0 Å². The summed E-state index contributed by atoms with van der Waals surface area (Å²) in [5.74, 6) is -0.221. The molecule has 0 aliphatic heterocycles. The zero-order chi connectivity index (χ0) is 15.4. The van der Waals surface area contributed by atoms with Gasteiger partial charge in [-0.3, -0.25) is 0 Å². The lowest BCUT2D eigenvalue weighted by Crippen LogP contribution is -2.22. The van der Waals surface area contributed by atoms with Gasteiger partial charge in [0, 0.05) is 30.3 Å².